The van der Waals surface area contributed by atoms with Crippen molar-refractivity contribution in [2.45, 2.75) is 25.6 Å². The summed E-state index contributed by atoms with van der Waals surface area (Å²) in [5.74, 6) is -0.266. The van der Waals surface area contributed by atoms with E-state index in [1.54, 1.807) is 12.1 Å². The number of likely N-dealkylation sites (N-methyl/N-ethyl adjacent to an activating group) is 1. The van der Waals surface area contributed by atoms with Crippen LogP contribution in [0.4, 0.5) is 4.39 Å². The number of carbonyl (C=O) groups is 1. The van der Waals surface area contributed by atoms with Crippen molar-refractivity contribution in [2.75, 3.05) is 7.05 Å². The van der Waals surface area contributed by atoms with Crippen LogP contribution in [-0.4, -0.2) is 19.0 Å². The SMILES string of the molecule is C[C@H](C(=O)NC(c1ccccc1)c1ccccc1)[NH+](C)Cc1ccc(F)cc1. The molecule has 0 aliphatic carbocycles. The lowest BCUT2D eigenvalue weighted by Gasteiger charge is -2.25. The van der Waals surface area contributed by atoms with Crippen LogP contribution in [0.5, 0.6) is 0 Å². The second-order valence-electron chi connectivity index (χ2n) is 7.13. The summed E-state index contributed by atoms with van der Waals surface area (Å²) in [5.41, 5.74) is 3.09. The fourth-order valence-corrected chi connectivity index (χ4v) is 3.22. The van der Waals surface area contributed by atoms with E-state index >= 15 is 0 Å². The summed E-state index contributed by atoms with van der Waals surface area (Å²) in [7, 11) is 1.98. The Balaban J connectivity index is 1.73. The predicted molar refractivity (Wildman–Crippen MR) is 109 cm³/mol. The van der Waals surface area contributed by atoms with Crippen molar-refractivity contribution in [2.24, 2.45) is 0 Å². The van der Waals surface area contributed by atoms with Gasteiger partial charge in [-0.15, -0.1) is 0 Å². The summed E-state index contributed by atoms with van der Waals surface area (Å²) in [4.78, 5) is 14.0. The molecule has 144 valence electrons. The van der Waals surface area contributed by atoms with E-state index in [0.29, 0.717) is 6.54 Å². The number of carbonyl (C=O) groups excluding carboxylic acids is 1. The van der Waals surface area contributed by atoms with Gasteiger partial charge in [0.1, 0.15) is 12.4 Å². The molecule has 4 heteroatoms. The van der Waals surface area contributed by atoms with Gasteiger partial charge in [0, 0.05) is 5.56 Å². The normalized spacial score (nSPS) is 13.1. The molecule has 0 aliphatic heterocycles. The molecule has 1 amide bonds. The van der Waals surface area contributed by atoms with Crippen LogP contribution in [0.2, 0.25) is 0 Å². The van der Waals surface area contributed by atoms with Crippen LogP contribution in [0.25, 0.3) is 0 Å². The number of hydrogen-bond donors (Lipinski definition) is 2. The third kappa shape index (κ3) is 5.05. The second-order valence-corrected chi connectivity index (χ2v) is 7.13. The van der Waals surface area contributed by atoms with Gasteiger partial charge in [0.25, 0.3) is 5.91 Å². The van der Waals surface area contributed by atoms with Gasteiger partial charge in [-0.25, -0.2) is 4.39 Å². The van der Waals surface area contributed by atoms with Gasteiger partial charge >= 0.3 is 0 Å². The first kappa shape index (κ1) is 19.8. The first-order valence-electron chi connectivity index (χ1n) is 9.51. The van der Waals surface area contributed by atoms with Crippen LogP contribution in [0.15, 0.2) is 84.9 Å². The lowest BCUT2D eigenvalue weighted by Crippen LogP contribution is -3.12. The maximum atomic E-state index is 13.1. The first-order chi connectivity index (χ1) is 13.5. The summed E-state index contributed by atoms with van der Waals surface area (Å²) in [6.45, 7) is 2.57. The highest BCUT2D eigenvalue weighted by Gasteiger charge is 2.25. The van der Waals surface area contributed by atoms with Crippen LogP contribution in [-0.2, 0) is 11.3 Å². The first-order valence-corrected chi connectivity index (χ1v) is 9.51. The molecule has 3 aromatic carbocycles. The number of rotatable bonds is 7. The molecule has 3 aromatic rings. The zero-order chi connectivity index (χ0) is 19.9. The monoisotopic (exact) mass is 377 g/mol. The average Bonchev–Trinajstić information content (AvgIpc) is 2.74. The molecule has 0 bridgehead atoms. The molecule has 3 nitrogen and oxygen atoms in total. The summed E-state index contributed by atoms with van der Waals surface area (Å²) in [6, 6.07) is 25.9. The third-order valence-electron chi connectivity index (χ3n) is 5.08. The fraction of sp³-hybridized carbons (Fsp3) is 0.208. The van der Waals surface area contributed by atoms with Gasteiger partial charge in [-0.1, -0.05) is 72.8 Å². The van der Waals surface area contributed by atoms with Gasteiger partial charge < -0.3 is 10.2 Å². The van der Waals surface area contributed by atoms with Crippen molar-refractivity contribution >= 4 is 5.91 Å². The number of quaternary nitrogens is 1. The van der Waals surface area contributed by atoms with Crippen molar-refractivity contribution < 1.29 is 14.1 Å². The number of nitrogens with one attached hydrogen (secondary N) is 2. The van der Waals surface area contributed by atoms with Crippen molar-refractivity contribution in [3.05, 3.63) is 107 Å². The molecule has 0 saturated heterocycles. The number of hydrogen-bond acceptors (Lipinski definition) is 1. The van der Waals surface area contributed by atoms with Crippen molar-refractivity contribution in [3.63, 3.8) is 0 Å². The molecule has 0 aromatic heterocycles. The lowest BCUT2D eigenvalue weighted by molar-refractivity contribution is -0.908. The third-order valence-corrected chi connectivity index (χ3v) is 5.08. The zero-order valence-corrected chi connectivity index (χ0v) is 16.2. The maximum Gasteiger partial charge on any atom is 0.278 e. The van der Waals surface area contributed by atoms with Crippen molar-refractivity contribution in [1.29, 1.82) is 0 Å². The lowest BCUT2D eigenvalue weighted by atomic mass is 9.98. The van der Waals surface area contributed by atoms with Crippen LogP contribution in [0.1, 0.15) is 29.7 Å². The van der Waals surface area contributed by atoms with Crippen molar-refractivity contribution in [1.82, 2.24) is 5.32 Å². The second kappa shape index (κ2) is 9.29. The number of amides is 1. The summed E-state index contributed by atoms with van der Waals surface area (Å²) in [6.07, 6.45) is 0. The largest absolute Gasteiger partial charge is 0.340 e. The van der Waals surface area contributed by atoms with E-state index in [0.717, 1.165) is 21.6 Å². The van der Waals surface area contributed by atoms with E-state index in [-0.39, 0.29) is 23.8 Å². The number of benzene rings is 3. The molecule has 0 saturated carbocycles. The topological polar surface area (TPSA) is 33.5 Å². The van der Waals surface area contributed by atoms with E-state index in [2.05, 4.69) is 5.32 Å². The van der Waals surface area contributed by atoms with E-state index in [9.17, 15) is 9.18 Å². The summed E-state index contributed by atoms with van der Waals surface area (Å²) in [5, 5.41) is 3.21. The molecule has 0 fully saturated rings. The summed E-state index contributed by atoms with van der Waals surface area (Å²) >= 11 is 0. The molecule has 3 rings (SSSR count). The van der Waals surface area contributed by atoms with Gasteiger partial charge in [0.15, 0.2) is 6.04 Å². The number of halogens is 1. The van der Waals surface area contributed by atoms with Gasteiger partial charge in [-0.3, -0.25) is 4.79 Å². The molecule has 1 unspecified atom stereocenters. The standard InChI is InChI=1S/C24H25FN2O/c1-18(27(2)17-19-13-15-22(25)16-14-19)24(28)26-23(20-9-5-3-6-10-20)21-11-7-4-8-12-21/h3-16,18,23H,17H2,1-2H3,(H,26,28)/p+1/t18-/m1/s1. The minimum absolute atomic E-state index is 0.0164. The zero-order valence-electron chi connectivity index (χ0n) is 16.2. The highest BCUT2D eigenvalue weighted by atomic mass is 19.1. The van der Waals surface area contributed by atoms with E-state index in [1.165, 1.54) is 12.1 Å². The Morgan fingerprint density at radius 3 is 1.89 bits per heavy atom. The molecular formula is C24H26FN2O+. The maximum absolute atomic E-state index is 13.1. The molecule has 28 heavy (non-hydrogen) atoms. The average molecular weight is 377 g/mol. The Labute approximate surface area is 165 Å². The quantitative estimate of drug-likeness (QED) is 0.652. The molecule has 0 radical (unpaired) electrons. The molecule has 0 spiro atoms. The summed E-state index contributed by atoms with van der Waals surface area (Å²) < 4.78 is 13.1. The Morgan fingerprint density at radius 2 is 1.39 bits per heavy atom. The molecule has 0 heterocycles. The highest BCUT2D eigenvalue weighted by molar-refractivity contribution is 5.80. The highest BCUT2D eigenvalue weighted by Crippen LogP contribution is 2.21. The predicted octanol–water partition coefficient (Wildman–Crippen LogP) is 3.13. The molecule has 2 N–H and O–H groups in total. The minimum Gasteiger partial charge on any atom is -0.340 e. The van der Waals surface area contributed by atoms with E-state index in [1.807, 2.05) is 74.6 Å². The van der Waals surface area contributed by atoms with E-state index in [4.69, 9.17) is 0 Å². The van der Waals surface area contributed by atoms with Gasteiger partial charge in [-0.2, -0.15) is 0 Å². The molecular weight excluding hydrogens is 351 g/mol. The van der Waals surface area contributed by atoms with Gasteiger partial charge in [0.2, 0.25) is 0 Å². The fourth-order valence-electron chi connectivity index (χ4n) is 3.22. The molecule has 0 aliphatic rings. The van der Waals surface area contributed by atoms with Crippen LogP contribution in [0.3, 0.4) is 0 Å². The molecule has 2 atom stereocenters. The Morgan fingerprint density at radius 1 is 0.893 bits per heavy atom. The van der Waals surface area contributed by atoms with Crippen LogP contribution >= 0.6 is 0 Å². The van der Waals surface area contributed by atoms with Crippen molar-refractivity contribution in [3.8, 4) is 0 Å². The van der Waals surface area contributed by atoms with E-state index < -0.39 is 0 Å². The van der Waals surface area contributed by atoms with Crippen LogP contribution < -0.4 is 10.2 Å². The Kier molecular flexibility index (Phi) is 6.56. The Hall–Kier alpha value is -2.98. The minimum atomic E-state index is -0.250. The van der Waals surface area contributed by atoms with Gasteiger partial charge in [-0.05, 0) is 30.2 Å². The smallest absolute Gasteiger partial charge is 0.278 e. The van der Waals surface area contributed by atoms with Gasteiger partial charge in [0.05, 0.1) is 13.1 Å². The van der Waals surface area contributed by atoms with Crippen LogP contribution in [0, 0.1) is 5.82 Å². The Bertz CT molecular complexity index is 842.